The first-order chi connectivity index (χ1) is 13.4. The first kappa shape index (κ1) is 20.3. The second-order valence-corrected chi connectivity index (χ2v) is 8.52. The summed E-state index contributed by atoms with van der Waals surface area (Å²) in [6.07, 6.45) is 1.44. The van der Waals surface area contributed by atoms with Crippen LogP contribution in [0.4, 0.5) is 5.82 Å². The highest BCUT2D eigenvalue weighted by molar-refractivity contribution is 7.43. The molecule has 2 N–H and O–H groups in total. The molecule has 1 aliphatic rings. The monoisotopic (exact) mass is 404 g/mol. The Hall–Kier alpha value is -2.41. The molecule has 28 heavy (non-hydrogen) atoms. The number of aryl methyl sites for hydroxylation is 1. The molecule has 1 fully saturated rings. The van der Waals surface area contributed by atoms with Crippen LogP contribution in [0.1, 0.15) is 28.6 Å². The maximum absolute atomic E-state index is 12.5. The molecule has 1 amide bonds. The van der Waals surface area contributed by atoms with Crippen LogP contribution >= 0.6 is 7.80 Å². The van der Waals surface area contributed by atoms with Gasteiger partial charge in [0.05, 0.1) is 12.7 Å². The van der Waals surface area contributed by atoms with Crippen molar-refractivity contribution in [2.75, 3.05) is 24.8 Å². The SMILES string of the molecule is Cc1cn(C2C[C@H](C[P+](C)=O)[C@@H](CO)O2)c(=O)nc1NC(=O)c1ccccc1. The Morgan fingerprint density at radius 2 is 2.11 bits per heavy atom. The number of hydrogen-bond donors (Lipinski definition) is 2. The highest BCUT2D eigenvalue weighted by atomic mass is 31.1. The van der Waals surface area contributed by atoms with Crippen LogP contribution in [0.5, 0.6) is 0 Å². The number of aliphatic hydroxyl groups is 1. The molecule has 2 heterocycles. The summed E-state index contributed by atoms with van der Waals surface area (Å²) in [4.78, 5) is 28.8. The van der Waals surface area contributed by atoms with Crippen LogP contribution in [0.25, 0.3) is 0 Å². The minimum atomic E-state index is -1.37. The lowest BCUT2D eigenvalue weighted by Gasteiger charge is -2.16. The third kappa shape index (κ3) is 4.52. The molecule has 148 valence electrons. The zero-order valence-electron chi connectivity index (χ0n) is 15.7. The van der Waals surface area contributed by atoms with E-state index >= 15 is 0 Å². The van der Waals surface area contributed by atoms with Gasteiger partial charge in [0.1, 0.15) is 18.7 Å². The molecule has 0 saturated carbocycles. The molecule has 0 aliphatic carbocycles. The van der Waals surface area contributed by atoms with Gasteiger partial charge in [-0.3, -0.25) is 9.36 Å². The summed E-state index contributed by atoms with van der Waals surface area (Å²) < 4.78 is 18.7. The molecule has 0 spiro atoms. The summed E-state index contributed by atoms with van der Waals surface area (Å²) in [5.74, 6) is -0.245. The van der Waals surface area contributed by atoms with Crippen LogP contribution in [-0.4, -0.2) is 46.1 Å². The number of amides is 1. The second-order valence-electron chi connectivity index (χ2n) is 6.90. The smallest absolute Gasteiger partial charge is 0.351 e. The maximum atomic E-state index is 12.5. The largest absolute Gasteiger partial charge is 0.394 e. The van der Waals surface area contributed by atoms with E-state index in [0.717, 1.165) is 0 Å². The Labute approximate surface area is 163 Å². The van der Waals surface area contributed by atoms with E-state index < -0.39 is 25.8 Å². The predicted molar refractivity (Wildman–Crippen MR) is 105 cm³/mol. The first-order valence-electron chi connectivity index (χ1n) is 8.99. The lowest BCUT2D eigenvalue weighted by molar-refractivity contribution is -0.0310. The van der Waals surface area contributed by atoms with Crippen molar-refractivity contribution in [3.05, 3.63) is 58.1 Å². The molecule has 1 saturated heterocycles. The maximum Gasteiger partial charge on any atom is 0.351 e. The van der Waals surface area contributed by atoms with E-state index in [-0.39, 0.29) is 24.2 Å². The minimum absolute atomic E-state index is 0.0896. The van der Waals surface area contributed by atoms with Crippen LogP contribution < -0.4 is 11.0 Å². The average molecular weight is 404 g/mol. The van der Waals surface area contributed by atoms with Crippen molar-refractivity contribution in [1.29, 1.82) is 0 Å². The highest BCUT2D eigenvalue weighted by Gasteiger charge is 2.39. The molecule has 1 aromatic heterocycles. The Kier molecular flexibility index (Phi) is 6.34. The van der Waals surface area contributed by atoms with Crippen LogP contribution in [0.15, 0.2) is 41.3 Å². The van der Waals surface area contributed by atoms with E-state index in [1.807, 2.05) is 6.07 Å². The summed E-state index contributed by atoms with van der Waals surface area (Å²) in [6.45, 7) is 3.18. The third-order valence-electron chi connectivity index (χ3n) is 4.75. The van der Waals surface area contributed by atoms with Gasteiger partial charge in [-0.2, -0.15) is 4.98 Å². The van der Waals surface area contributed by atoms with E-state index in [1.165, 1.54) is 4.57 Å². The molecule has 1 aromatic carbocycles. The predicted octanol–water partition coefficient (Wildman–Crippen LogP) is 2.16. The molecule has 3 rings (SSSR count). The van der Waals surface area contributed by atoms with Gasteiger partial charge in [-0.15, -0.1) is 0 Å². The molecule has 0 bridgehead atoms. The van der Waals surface area contributed by atoms with Crippen LogP contribution in [0.3, 0.4) is 0 Å². The number of nitrogens with one attached hydrogen (secondary N) is 1. The Morgan fingerprint density at radius 1 is 1.39 bits per heavy atom. The lowest BCUT2D eigenvalue weighted by Crippen LogP contribution is -2.29. The number of nitrogens with zero attached hydrogens (tertiary/aromatic N) is 2. The van der Waals surface area contributed by atoms with Gasteiger partial charge >= 0.3 is 13.5 Å². The Balaban J connectivity index is 1.80. The molecule has 9 heteroatoms. The van der Waals surface area contributed by atoms with Crippen LogP contribution in [-0.2, 0) is 9.30 Å². The molecular formula is C19H23N3O5P+. The molecule has 4 atom stereocenters. The van der Waals surface area contributed by atoms with E-state index in [4.69, 9.17) is 4.74 Å². The highest BCUT2D eigenvalue weighted by Crippen LogP contribution is 2.37. The zero-order chi connectivity index (χ0) is 20.3. The third-order valence-corrected chi connectivity index (χ3v) is 5.73. The average Bonchev–Trinajstić information content (AvgIpc) is 3.06. The van der Waals surface area contributed by atoms with E-state index in [9.17, 15) is 19.3 Å². The molecular weight excluding hydrogens is 381 g/mol. The number of aromatic nitrogens is 2. The van der Waals surface area contributed by atoms with Gasteiger partial charge in [0.2, 0.25) is 0 Å². The van der Waals surface area contributed by atoms with Gasteiger partial charge in [-0.05, 0) is 19.1 Å². The van der Waals surface area contributed by atoms with Crippen LogP contribution in [0, 0.1) is 12.8 Å². The Morgan fingerprint density at radius 3 is 2.75 bits per heavy atom. The van der Waals surface area contributed by atoms with Crippen molar-refractivity contribution in [2.24, 2.45) is 5.92 Å². The molecule has 0 radical (unpaired) electrons. The number of aliphatic hydroxyl groups excluding tert-OH is 1. The van der Waals surface area contributed by atoms with Crippen molar-refractivity contribution in [2.45, 2.75) is 25.7 Å². The number of rotatable bonds is 6. The summed E-state index contributed by atoms with van der Waals surface area (Å²) in [5.41, 5.74) is 0.518. The zero-order valence-corrected chi connectivity index (χ0v) is 16.6. The van der Waals surface area contributed by atoms with Crippen molar-refractivity contribution in [3.63, 3.8) is 0 Å². The fourth-order valence-corrected chi connectivity index (χ4v) is 4.39. The number of hydrogen-bond acceptors (Lipinski definition) is 6. The van der Waals surface area contributed by atoms with Gasteiger partial charge in [0.15, 0.2) is 6.16 Å². The number of carbonyl (C=O) groups is 1. The van der Waals surface area contributed by atoms with Gasteiger partial charge in [-0.25, -0.2) is 4.79 Å². The molecule has 1 aliphatic heterocycles. The molecule has 2 aromatic rings. The quantitative estimate of drug-likeness (QED) is 0.714. The minimum Gasteiger partial charge on any atom is -0.394 e. The lowest BCUT2D eigenvalue weighted by atomic mass is 10.0. The van der Waals surface area contributed by atoms with Crippen molar-refractivity contribution < 1.29 is 19.2 Å². The van der Waals surface area contributed by atoms with E-state index in [1.54, 1.807) is 44.1 Å². The summed E-state index contributed by atoms with van der Waals surface area (Å²) in [7, 11) is -1.37. The van der Waals surface area contributed by atoms with Crippen molar-refractivity contribution in [1.82, 2.24) is 9.55 Å². The number of benzene rings is 1. The van der Waals surface area contributed by atoms with Crippen LogP contribution in [0.2, 0.25) is 0 Å². The molecule has 2 unspecified atom stereocenters. The van der Waals surface area contributed by atoms with Gasteiger partial charge in [0, 0.05) is 29.7 Å². The fourth-order valence-electron chi connectivity index (χ4n) is 3.34. The Bertz CT molecular complexity index is 931. The van der Waals surface area contributed by atoms with Crippen molar-refractivity contribution in [3.8, 4) is 0 Å². The molecule has 8 nitrogen and oxygen atoms in total. The van der Waals surface area contributed by atoms with Crippen molar-refractivity contribution >= 4 is 19.5 Å². The second kappa shape index (κ2) is 8.73. The first-order valence-corrected chi connectivity index (χ1v) is 10.9. The summed E-state index contributed by atoms with van der Waals surface area (Å²) in [6, 6.07) is 8.66. The van der Waals surface area contributed by atoms with E-state index in [0.29, 0.717) is 23.7 Å². The fraction of sp³-hybridized carbons (Fsp3) is 0.421. The van der Waals surface area contributed by atoms with Gasteiger partial charge < -0.3 is 15.2 Å². The van der Waals surface area contributed by atoms with Gasteiger partial charge in [0.25, 0.3) is 5.91 Å². The standard InChI is InChI=1S/C19H22N3O5P/c1-12-9-22(16-8-14(11-28(2)26)15(10-23)27-16)19(25)21-17(12)20-18(24)13-6-4-3-5-7-13/h3-7,9,14-16,23H,8,10-11H2,1-2H3/p+1/t14-,15-,16?/m1/s1. The van der Waals surface area contributed by atoms with Gasteiger partial charge in [-0.1, -0.05) is 22.8 Å². The number of ether oxygens (including phenoxy) is 1. The number of carbonyl (C=O) groups excluding carboxylic acids is 1. The topological polar surface area (TPSA) is 111 Å². The summed E-state index contributed by atoms with van der Waals surface area (Å²) in [5, 5.41) is 12.2. The van der Waals surface area contributed by atoms with E-state index in [2.05, 4.69) is 10.3 Å². The summed E-state index contributed by atoms with van der Waals surface area (Å²) >= 11 is 0. The normalized spacial score (nSPS) is 22.1. The number of anilines is 1.